The van der Waals surface area contributed by atoms with Crippen LogP contribution in [0.1, 0.15) is 5.56 Å². The van der Waals surface area contributed by atoms with E-state index in [-0.39, 0.29) is 5.82 Å². The van der Waals surface area contributed by atoms with E-state index in [0.717, 1.165) is 15.7 Å². The van der Waals surface area contributed by atoms with Gasteiger partial charge in [-0.1, -0.05) is 0 Å². The molecule has 0 bridgehead atoms. The van der Waals surface area contributed by atoms with Crippen molar-refractivity contribution >= 4 is 61.8 Å². The Kier molecular flexibility index (Phi) is 3.86. The molecule has 0 saturated carbocycles. The van der Waals surface area contributed by atoms with Crippen molar-refractivity contribution in [1.82, 2.24) is 9.55 Å². The molecule has 7 heteroatoms. The molecule has 0 radical (unpaired) electrons. The summed E-state index contributed by atoms with van der Waals surface area (Å²) in [6.45, 7) is 0. The zero-order valence-corrected chi connectivity index (χ0v) is 14.9. The normalized spacial score (nSPS) is 10.8. The van der Waals surface area contributed by atoms with E-state index in [1.54, 1.807) is 28.8 Å². The van der Waals surface area contributed by atoms with Crippen molar-refractivity contribution in [1.29, 1.82) is 5.26 Å². The molecule has 0 atom stereocenters. The highest BCUT2D eigenvalue weighted by Gasteiger charge is 2.12. The number of aromatic nitrogens is 2. The van der Waals surface area contributed by atoms with Crippen LogP contribution in [0.5, 0.6) is 0 Å². The number of benzene rings is 2. The fraction of sp³-hybridized carbons (Fsp3) is 0. The Morgan fingerprint density at radius 2 is 2.10 bits per heavy atom. The molecule has 0 unspecified atom stereocenters. The number of nitrogens with one attached hydrogen (secondary N) is 1. The lowest BCUT2D eigenvalue weighted by Gasteiger charge is -2.08. The van der Waals surface area contributed by atoms with E-state index in [1.165, 1.54) is 6.07 Å². The largest absolute Gasteiger partial charge is 0.330 e. The predicted octanol–water partition coefficient (Wildman–Crippen LogP) is 5.07. The van der Waals surface area contributed by atoms with Crippen LogP contribution >= 0.6 is 50.7 Å². The fourth-order valence-electron chi connectivity index (χ4n) is 2.10. The average molecular weight is 474 g/mol. The maximum absolute atomic E-state index is 13.8. The van der Waals surface area contributed by atoms with E-state index in [1.807, 2.05) is 22.6 Å². The number of halogens is 3. The van der Waals surface area contributed by atoms with Gasteiger partial charge in [0.1, 0.15) is 5.82 Å². The summed E-state index contributed by atoms with van der Waals surface area (Å²) in [5.74, 6) is -0.296. The number of imidazole rings is 1. The molecule has 3 nitrogen and oxygen atoms in total. The molecule has 1 heterocycles. The van der Waals surface area contributed by atoms with Crippen LogP contribution in [0.15, 0.2) is 34.8 Å². The lowest BCUT2D eigenvalue weighted by molar-refractivity contribution is 0.622. The van der Waals surface area contributed by atoms with Crippen LogP contribution in [0.3, 0.4) is 0 Å². The van der Waals surface area contributed by atoms with Crippen molar-refractivity contribution in [3.63, 3.8) is 0 Å². The van der Waals surface area contributed by atoms with Crippen molar-refractivity contribution < 1.29 is 4.39 Å². The number of nitrogens with zero attached hydrogens (tertiary/aromatic N) is 2. The average Bonchev–Trinajstić information content (AvgIpc) is 2.75. The summed E-state index contributed by atoms with van der Waals surface area (Å²) in [6.07, 6.45) is 0. The SMILES string of the molecule is N#Cc1ccc(-n2c(=S)[nH]c3cc(I)c(F)cc32)c(Br)c1. The molecule has 0 saturated heterocycles. The molecule has 1 aromatic heterocycles. The molecule has 104 valence electrons. The first kappa shape index (κ1) is 14.7. The highest BCUT2D eigenvalue weighted by molar-refractivity contribution is 14.1. The quantitative estimate of drug-likeness (QED) is 0.396. The second-order valence-corrected chi connectivity index (χ2v) is 6.73. The highest BCUT2D eigenvalue weighted by atomic mass is 127. The number of hydrogen-bond acceptors (Lipinski definition) is 2. The van der Waals surface area contributed by atoms with E-state index >= 15 is 0 Å². The monoisotopic (exact) mass is 473 g/mol. The van der Waals surface area contributed by atoms with E-state index in [9.17, 15) is 4.39 Å². The molecule has 0 aliphatic heterocycles. The summed E-state index contributed by atoms with van der Waals surface area (Å²) in [4.78, 5) is 3.07. The van der Waals surface area contributed by atoms with Crippen LogP contribution in [-0.2, 0) is 0 Å². The lowest BCUT2D eigenvalue weighted by atomic mass is 10.2. The first-order chi connectivity index (χ1) is 10.0. The maximum atomic E-state index is 13.8. The number of aromatic amines is 1. The van der Waals surface area contributed by atoms with Gasteiger partial charge in [-0.2, -0.15) is 5.26 Å². The molecule has 0 aliphatic carbocycles. The molecule has 1 N–H and O–H groups in total. The van der Waals surface area contributed by atoms with Gasteiger partial charge in [-0.3, -0.25) is 4.57 Å². The third kappa shape index (κ3) is 2.52. The van der Waals surface area contributed by atoms with Gasteiger partial charge >= 0.3 is 0 Å². The zero-order chi connectivity index (χ0) is 15.1. The van der Waals surface area contributed by atoms with Gasteiger partial charge in [0.25, 0.3) is 0 Å². The molecule has 3 aromatic rings. The molecule has 0 amide bonds. The van der Waals surface area contributed by atoms with E-state index in [0.29, 0.717) is 19.4 Å². The minimum atomic E-state index is -0.296. The van der Waals surface area contributed by atoms with Crippen LogP contribution in [0.25, 0.3) is 16.7 Å². The Morgan fingerprint density at radius 1 is 1.33 bits per heavy atom. The van der Waals surface area contributed by atoms with Gasteiger partial charge in [-0.05, 0) is 75.0 Å². The van der Waals surface area contributed by atoms with Gasteiger partial charge in [0.2, 0.25) is 0 Å². The van der Waals surface area contributed by atoms with Gasteiger partial charge in [0.05, 0.1) is 31.9 Å². The molecule has 0 aliphatic rings. The van der Waals surface area contributed by atoms with Gasteiger partial charge in [0.15, 0.2) is 4.77 Å². The molecule has 2 aromatic carbocycles. The van der Waals surface area contributed by atoms with Crippen molar-refractivity contribution in [2.75, 3.05) is 0 Å². The summed E-state index contributed by atoms with van der Waals surface area (Å²) in [6, 6.07) is 10.4. The third-order valence-corrected chi connectivity index (χ3v) is 4.79. The molecule has 0 spiro atoms. The van der Waals surface area contributed by atoms with E-state index in [2.05, 4.69) is 27.0 Å². The summed E-state index contributed by atoms with van der Waals surface area (Å²) in [5.41, 5.74) is 2.72. The number of H-pyrrole nitrogens is 1. The summed E-state index contributed by atoms with van der Waals surface area (Å²) in [7, 11) is 0. The summed E-state index contributed by atoms with van der Waals surface area (Å²) >= 11 is 10.7. The predicted molar refractivity (Wildman–Crippen MR) is 93.5 cm³/mol. The number of fused-ring (bicyclic) bond motifs is 1. The molecule has 3 rings (SSSR count). The Bertz CT molecular complexity index is 971. The second kappa shape index (κ2) is 5.51. The Hall–Kier alpha value is -1.24. The van der Waals surface area contributed by atoms with Gasteiger partial charge in [-0.15, -0.1) is 0 Å². The number of hydrogen-bond donors (Lipinski definition) is 1. The maximum Gasteiger partial charge on any atom is 0.182 e. The number of nitriles is 1. The summed E-state index contributed by atoms with van der Waals surface area (Å²) in [5, 5.41) is 8.92. The van der Waals surface area contributed by atoms with Gasteiger partial charge in [0, 0.05) is 10.5 Å². The lowest BCUT2D eigenvalue weighted by Crippen LogP contribution is -1.96. The smallest absolute Gasteiger partial charge is 0.182 e. The molecular formula is C14H6BrFIN3S. The van der Waals surface area contributed by atoms with Crippen molar-refractivity contribution in [3.05, 3.63) is 54.5 Å². The third-order valence-electron chi connectivity index (χ3n) is 3.04. The van der Waals surface area contributed by atoms with E-state index in [4.69, 9.17) is 17.5 Å². The highest BCUT2D eigenvalue weighted by Crippen LogP contribution is 2.28. The minimum Gasteiger partial charge on any atom is -0.330 e. The van der Waals surface area contributed by atoms with Crippen LogP contribution in [0.2, 0.25) is 0 Å². The minimum absolute atomic E-state index is 0.296. The van der Waals surface area contributed by atoms with Crippen LogP contribution in [0.4, 0.5) is 4.39 Å². The van der Waals surface area contributed by atoms with Crippen LogP contribution in [0, 0.1) is 25.5 Å². The topological polar surface area (TPSA) is 44.5 Å². The van der Waals surface area contributed by atoms with Crippen molar-refractivity contribution in [2.24, 2.45) is 0 Å². The summed E-state index contributed by atoms with van der Waals surface area (Å²) < 4.78 is 17.3. The van der Waals surface area contributed by atoms with Crippen molar-refractivity contribution in [3.8, 4) is 11.8 Å². The van der Waals surface area contributed by atoms with Crippen LogP contribution < -0.4 is 0 Å². The Morgan fingerprint density at radius 3 is 2.76 bits per heavy atom. The van der Waals surface area contributed by atoms with Gasteiger partial charge in [-0.25, -0.2) is 4.39 Å². The standard InChI is InChI=1S/C14H6BrFIN3S/c15-8-3-7(6-18)1-2-12(8)20-13-4-9(16)10(17)5-11(13)19-14(20)21/h1-5H,(H,19,21). The van der Waals surface area contributed by atoms with Crippen LogP contribution in [-0.4, -0.2) is 9.55 Å². The molecular weight excluding hydrogens is 468 g/mol. The molecule has 21 heavy (non-hydrogen) atoms. The zero-order valence-electron chi connectivity index (χ0n) is 10.3. The van der Waals surface area contributed by atoms with Gasteiger partial charge < -0.3 is 4.98 Å². The molecule has 0 fully saturated rings. The van der Waals surface area contributed by atoms with E-state index < -0.39 is 0 Å². The number of rotatable bonds is 1. The van der Waals surface area contributed by atoms with Crippen molar-refractivity contribution in [2.45, 2.75) is 0 Å². The Balaban J connectivity index is 2.35. The fourth-order valence-corrected chi connectivity index (χ4v) is 3.43. The second-order valence-electron chi connectivity index (χ2n) is 4.33. The first-order valence-electron chi connectivity index (χ1n) is 5.81. The Labute approximate surface area is 146 Å². The first-order valence-corrected chi connectivity index (χ1v) is 8.09.